The van der Waals surface area contributed by atoms with Crippen molar-refractivity contribution in [2.45, 2.75) is 53.9 Å². The molecule has 0 fully saturated rings. The monoisotopic (exact) mass is 228 g/mol. The molecule has 0 saturated heterocycles. The quantitative estimate of drug-likeness (QED) is 0.656. The van der Waals surface area contributed by atoms with Gasteiger partial charge in [-0.15, -0.1) is 0 Å². The Labute approximate surface area is 98.6 Å². The summed E-state index contributed by atoms with van der Waals surface area (Å²) in [6, 6.07) is 0. The van der Waals surface area contributed by atoms with E-state index in [0.717, 1.165) is 0 Å². The Balaban J connectivity index is 4.56. The number of hydrogen-bond donors (Lipinski definition) is 0. The molecule has 0 aromatic heterocycles. The van der Waals surface area contributed by atoms with Gasteiger partial charge >= 0.3 is 5.97 Å². The highest BCUT2D eigenvalue weighted by molar-refractivity contribution is 5.83. The smallest absolute Gasteiger partial charge is 0.306 e. The number of esters is 1. The van der Waals surface area contributed by atoms with E-state index < -0.39 is 0 Å². The molecule has 0 aliphatic heterocycles. The number of rotatable bonds is 6. The van der Waals surface area contributed by atoms with Crippen LogP contribution in [0, 0.1) is 10.8 Å². The van der Waals surface area contributed by atoms with Crippen molar-refractivity contribution in [2.75, 3.05) is 7.11 Å². The van der Waals surface area contributed by atoms with Crippen LogP contribution >= 0.6 is 0 Å². The molecule has 0 spiro atoms. The summed E-state index contributed by atoms with van der Waals surface area (Å²) >= 11 is 0. The average molecular weight is 228 g/mol. The minimum Gasteiger partial charge on any atom is -0.469 e. The molecule has 0 radical (unpaired) electrons. The average Bonchev–Trinajstić information content (AvgIpc) is 2.13. The SMILES string of the molecule is CCC(=O)C(C)(C)CC(C)(C)CC(=O)OC. The van der Waals surface area contributed by atoms with Crippen molar-refractivity contribution >= 4 is 11.8 Å². The first-order valence-corrected chi connectivity index (χ1v) is 5.75. The highest BCUT2D eigenvalue weighted by Gasteiger charge is 2.34. The van der Waals surface area contributed by atoms with E-state index >= 15 is 0 Å². The van der Waals surface area contributed by atoms with Gasteiger partial charge in [0.2, 0.25) is 0 Å². The van der Waals surface area contributed by atoms with Gasteiger partial charge in [0, 0.05) is 11.8 Å². The second kappa shape index (κ2) is 5.46. The lowest BCUT2D eigenvalue weighted by molar-refractivity contribution is -0.144. The second-order valence-corrected chi connectivity index (χ2v) is 5.75. The molecule has 94 valence electrons. The van der Waals surface area contributed by atoms with Gasteiger partial charge in [-0.2, -0.15) is 0 Å². The third-order valence-electron chi connectivity index (χ3n) is 2.85. The van der Waals surface area contributed by atoms with E-state index in [4.69, 9.17) is 0 Å². The predicted octanol–water partition coefficient (Wildman–Crippen LogP) is 2.97. The highest BCUT2D eigenvalue weighted by atomic mass is 16.5. The molecule has 0 aromatic rings. The Morgan fingerprint density at radius 3 is 2.00 bits per heavy atom. The molecule has 0 aliphatic carbocycles. The van der Waals surface area contributed by atoms with Crippen molar-refractivity contribution in [3.05, 3.63) is 0 Å². The van der Waals surface area contributed by atoms with Gasteiger partial charge in [0.1, 0.15) is 5.78 Å². The Kier molecular flexibility index (Phi) is 5.17. The molecule has 0 aliphatic rings. The van der Waals surface area contributed by atoms with Gasteiger partial charge < -0.3 is 4.74 Å². The molecule has 0 saturated carbocycles. The van der Waals surface area contributed by atoms with Gasteiger partial charge in [-0.25, -0.2) is 0 Å². The third-order valence-corrected chi connectivity index (χ3v) is 2.85. The molecular weight excluding hydrogens is 204 g/mol. The van der Waals surface area contributed by atoms with E-state index in [1.54, 1.807) is 0 Å². The second-order valence-electron chi connectivity index (χ2n) is 5.75. The molecule has 16 heavy (non-hydrogen) atoms. The van der Waals surface area contributed by atoms with Crippen LogP contribution in [0.25, 0.3) is 0 Å². The predicted molar refractivity (Wildman–Crippen MR) is 64.1 cm³/mol. The van der Waals surface area contributed by atoms with Gasteiger partial charge in [-0.3, -0.25) is 9.59 Å². The lowest BCUT2D eigenvalue weighted by atomic mass is 9.71. The molecule has 0 heterocycles. The third kappa shape index (κ3) is 4.77. The van der Waals surface area contributed by atoms with Crippen LogP contribution in [0.3, 0.4) is 0 Å². The molecule has 0 amide bonds. The number of hydrogen-bond acceptors (Lipinski definition) is 3. The van der Waals surface area contributed by atoms with Crippen molar-refractivity contribution in [2.24, 2.45) is 10.8 Å². The number of Topliss-reactive ketones (excluding diaryl/α,β-unsaturated/α-hetero) is 1. The molecule has 0 atom stereocenters. The molecule has 0 rings (SSSR count). The van der Waals surface area contributed by atoms with Crippen LogP contribution in [0.1, 0.15) is 53.9 Å². The van der Waals surface area contributed by atoms with Gasteiger partial charge in [-0.1, -0.05) is 34.6 Å². The maximum Gasteiger partial charge on any atom is 0.306 e. The summed E-state index contributed by atoms with van der Waals surface area (Å²) in [4.78, 5) is 23.0. The number of ether oxygens (including phenoxy) is 1. The molecular formula is C13H24O3. The fourth-order valence-electron chi connectivity index (χ4n) is 2.30. The molecule has 0 bridgehead atoms. The zero-order chi connectivity index (χ0) is 13.0. The van der Waals surface area contributed by atoms with E-state index in [0.29, 0.717) is 19.3 Å². The van der Waals surface area contributed by atoms with Gasteiger partial charge in [-0.05, 0) is 11.8 Å². The number of methoxy groups -OCH3 is 1. The minimum absolute atomic E-state index is 0.207. The molecule has 0 aromatic carbocycles. The zero-order valence-electron chi connectivity index (χ0n) is 11.3. The van der Waals surface area contributed by atoms with E-state index in [1.165, 1.54) is 7.11 Å². The van der Waals surface area contributed by atoms with Crippen molar-refractivity contribution in [1.82, 2.24) is 0 Å². The molecule has 3 nitrogen and oxygen atoms in total. The summed E-state index contributed by atoms with van der Waals surface area (Å²) in [5.74, 6) is 0.0233. The number of carbonyl (C=O) groups excluding carboxylic acids is 2. The molecule has 0 N–H and O–H groups in total. The van der Waals surface area contributed by atoms with Crippen LogP contribution in [-0.2, 0) is 14.3 Å². The van der Waals surface area contributed by atoms with Crippen LogP contribution < -0.4 is 0 Å². The first kappa shape index (κ1) is 15.1. The zero-order valence-corrected chi connectivity index (χ0v) is 11.3. The minimum atomic E-state index is -0.369. The standard InChI is InChI=1S/C13H24O3/c1-7-10(14)13(4,5)9-12(2,3)8-11(15)16-6/h7-9H2,1-6H3. The van der Waals surface area contributed by atoms with Crippen LogP contribution in [0.5, 0.6) is 0 Å². The summed E-state index contributed by atoms with van der Waals surface area (Å²) in [5.41, 5.74) is -0.576. The Bertz CT molecular complexity index is 264. The first-order chi connectivity index (χ1) is 7.14. The van der Waals surface area contributed by atoms with Gasteiger partial charge in [0.05, 0.1) is 13.5 Å². The van der Waals surface area contributed by atoms with Crippen molar-refractivity contribution < 1.29 is 14.3 Å². The van der Waals surface area contributed by atoms with Crippen LogP contribution in [0.4, 0.5) is 0 Å². The lowest BCUT2D eigenvalue weighted by Gasteiger charge is -2.33. The Morgan fingerprint density at radius 1 is 1.12 bits per heavy atom. The molecule has 0 unspecified atom stereocenters. The Hall–Kier alpha value is -0.860. The Morgan fingerprint density at radius 2 is 1.62 bits per heavy atom. The number of carbonyl (C=O) groups is 2. The van der Waals surface area contributed by atoms with Crippen molar-refractivity contribution in [3.8, 4) is 0 Å². The van der Waals surface area contributed by atoms with Crippen LogP contribution in [-0.4, -0.2) is 18.9 Å². The normalized spacial score (nSPS) is 12.4. The maximum absolute atomic E-state index is 11.8. The van der Waals surface area contributed by atoms with E-state index in [2.05, 4.69) is 4.74 Å². The van der Waals surface area contributed by atoms with E-state index in [1.807, 2.05) is 34.6 Å². The maximum atomic E-state index is 11.8. The first-order valence-electron chi connectivity index (χ1n) is 5.75. The topological polar surface area (TPSA) is 43.4 Å². The summed E-state index contributed by atoms with van der Waals surface area (Å²) < 4.78 is 4.66. The van der Waals surface area contributed by atoms with Crippen molar-refractivity contribution in [1.29, 1.82) is 0 Å². The van der Waals surface area contributed by atoms with Crippen molar-refractivity contribution in [3.63, 3.8) is 0 Å². The van der Waals surface area contributed by atoms with Gasteiger partial charge in [0.25, 0.3) is 0 Å². The van der Waals surface area contributed by atoms with Crippen LogP contribution in [0.15, 0.2) is 0 Å². The summed E-state index contributed by atoms with van der Waals surface area (Å²) in [5, 5.41) is 0. The fourth-order valence-corrected chi connectivity index (χ4v) is 2.30. The lowest BCUT2D eigenvalue weighted by Crippen LogP contribution is -2.31. The van der Waals surface area contributed by atoms with Crippen LogP contribution in [0.2, 0.25) is 0 Å². The highest BCUT2D eigenvalue weighted by Crippen LogP contribution is 2.37. The fraction of sp³-hybridized carbons (Fsp3) is 0.846. The summed E-state index contributed by atoms with van der Waals surface area (Å²) in [6.45, 7) is 9.75. The largest absolute Gasteiger partial charge is 0.469 e. The number of ketones is 1. The van der Waals surface area contributed by atoms with E-state index in [-0.39, 0.29) is 22.6 Å². The summed E-state index contributed by atoms with van der Waals surface area (Å²) in [6.07, 6.45) is 1.59. The summed E-state index contributed by atoms with van der Waals surface area (Å²) in [7, 11) is 1.39. The molecule has 3 heteroatoms. The van der Waals surface area contributed by atoms with E-state index in [9.17, 15) is 9.59 Å². The van der Waals surface area contributed by atoms with Gasteiger partial charge in [0.15, 0.2) is 0 Å².